The van der Waals surface area contributed by atoms with Gasteiger partial charge in [-0.25, -0.2) is 4.39 Å². The third kappa shape index (κ3) is 3.45. The fourth-order valence-corrected chi connectivity index (χ4v) is 4.44. The number of anilines is 1. The molecule has 28 heavy (non-hydrogen) atoms. The van der Waals surface area contributed by atoms with Crippen molar-refractivity contribution in [1.82, 2.24) is 4.68 Å². The molecule has 7 heteroatoms. The summed E-state index contributed by atoms with van der Waals surface area (Å²) < 4.78 is 21.2. The Labute approximate surface area is 166 Å². The Bertz CT molecular complexity index is 1000. The van der Waals surface area contributed by atoms with E-state index < -0.39 is 11.1 Å². The van der Waals surface area contributed by atoms with Crippen LogP contribution in [0.5, 0.6) is 5.75 Å². The van der Waals surface area contributed by atoms with Crippen molar-refractivity contribution in [2.45, 2.75) is 23.2 Å². The Balaban J connectivity index is 1.67. The number of para-hydroxylation sites is 1. The Morgan fingerprint density at radius 3 is 2.61 bits per heavy atom. The van der Waals surface area contributed by atoms with Gasteiger partial charge in [-0.1, -0.05) is 36.0 Å². The Morgan fingerprint density at radius 2 is 1.89 bits per heavy atom. The number of carbonyl (C=O) groups is 1. The fourth-order valence-electron chi connectivity index (χ4n) is 3.21. The van der Waals surface area contributed by atoms with Gasteiger partial charge in [-0.2, -0.15) is 0 Å². The number of aromatic nitrogens is 1. The number of amides is 1. The van der Waals surface area contributed by atoms with Crippen molar-refractivity contribution in [2.24, 2.45) is 0 Å². The molecule has 5 nitrogen and oxygen atoms in total. The summed E-state index contributed by atoms with van der Waals surface area (Å²) in [6.07, 6.45) is 0. The third-order valence-electron chi connectivity index (χ3n) is 4.72. The maximum Gasteiger partial charge on any atom is 0.240 e. The predicted molar refractivity (Wildman–Crippen MR) is 109 cm³/mol. The van der Waals surface area contributed by atoms with Crippen molar-refractivity contribution < 1.29 is 13.9 Å². The number of hydrogen-bond acceptors (Lipinski definition) is 4. The molecule has 0 aliphatic carbocycles. The lowest BCUT2D eigenvalue weighted by Crippen LogP contribution is -2.41. The fraction of sp³-hybridized carbons (Fsp3) is 0.190. The molecule has 2 N–H and O–H groups in total. The quantitative estimate of drug-likeness (QED) is 0.688. The topological polar surface area (TPSA) is 55.3 Å². The van der Waals surface area contributed by atoms with Gasteiger partial charge in [0.05, 0.1) is 23.9 Å². The molecule has 3 aromatic rings. The van der Waals surface area contributed by atoms with Gasteiger partial charge >= 0.3 is 0 Å². The number of halogens is 1. The van der Waals surface area contributed by atoms with Crippen LogP contribution in [0.4, 0.5) is 10.1 Å². The van der Waals surface area contributed by atoms with Crippen molar-refractivity contribution >= 4 is 23.4 Å². The van der Waals surface area contributed by atoms with Crippen LogP contribution in [0.3, 0.4) is 0 Å². The molecule has 0 unspecified atom stereocenters. The summed E-state index contributed by atoms with van der Waals surface area (Å²) in [7, 11) is 1.61. The zero-order chi connectivity index (χ0) is 19.7. The van der Waals surface area contributed by atoms with Crippen LogP contribution >= 0.6 is 11.8 Å². The SMILES string of the molecule is COc1ccc([C@H]2Nn3c(C)ccc3S[C@H]2C(=O)Nc2ccccc2F)cc1. The van der Waals surface area contributed by atoms with E-state index in [2.05, 4.69) is 10.7 Å². The summed E-state index contributed by atoms with van der Waals surface area (Å²) >= 11 is 1.46. The van der Waals surface area contributed by atoms with E-state index in [9.17, 15) is 9.18 Å². The largest absolute Gasteiger partial charge is 0.497 e. The van der Waals surface area contributed by atoms with E-state index in [1.54, 1.807) is 25.3 Å². The van der Waals surface area contributed by atoms with Crippen LogP contribution in [0.15, 0.2) is 65.7 Å². The highest BCUT2D eigenvalue weighted by Gasteiger charge is 2.36. The van der Waals surface area contributed by atoms with Gasteiger partial charge < -0.3 is 15.5 Å². The van der Waals surface area contributed by atoms with Crippen LogP contribution in [0, 0.1) is 12.7 Å². The van der Waals surface area contributed by atoms with Gasteiger partial charge in [-0.15, -0.1) is 0 Å². The van der Waals surface area contributed by atoms with Crippen LogP contribution in [0.2, 0.25) is 0 Å². The van der Waals surface area contributed by atoms with E-state index >= 15 is 0 Å². The highest BCUT2D eigenvalue weighted by Crippen LogP contribution is 2.39. The van der Waals surface area contributed by atoms with E-state index in [0.29, 0.717) is 0 Å². The number of nitrogens with one attached hydrogen (secondary N) is 2. The molecular weight excluding hydrogens is 377 g/mol. The lowest BCUT2D eigenvalue weighted by molar-refractivity contribution is -0.116. The number of thioether (sulfide) groups is 1. The number of carbonyl (C=O) groups excluding carboxylic acids is 1. The van der Waals surface area contributed by atoms with Gasteiger partial charge in [-0.3, -0.25) is 9.47 Å². The minimum atomic E-state index is -0.477. The molecule has 2 heterocycles. The average molecular weight is 397 g/mol. The smallest absolute Gasteiger partial charge is 0.240 e. The van der Waals surface area contributed by atoms with E-state index in [4.69, 9.17) is 4.74 Å². The van der Waals surface area contributed by atoms with Crippen molar-refractivity contribution in [3.05, 3.63) is 77.7 Å². The number of aryl methyl sites for hydroxylation is 1. The second-order valence-corrected chi connectivity index (χ2v) is 7.70. The molecule has 0 saturated carbocycles. The molecule has 4 rings (SSSR count). The van der Waals surface area contributed by atoms with Gasteiger partial charge in [0.2, 0.25) is 5.91 Å². The van der Waals surface area contributed by atoms with Gasteiger partial charge in [0.15, 0.2) is 0 Å². The zero-order valence-electron chi connectivity index (χ0n) is 15.5. The zero-order valence-corrected chi connectivity index (χ0v) is 16.3. The average Bonchev–Trinajstić information content (AvgIpc) is 3.09. The van der Waals surface area contributed by atoms with Crippen molar-refractivity contribution in [2.75, 3.05) is 17.9 Å². The molecule has 0 fully saturated rings. The van der Waals surface area contributed by atoms with Gasteiger partial charge in [0.1, 0.15) is 16.8 Å². The van der Waals surface area contributed by atoms with Crippen molar-refractivity contribution in [3.63, 3.8) is 0 Å². The molecule has 144 valence electrons. The Morgan fingerprint density at radius 1 is 1.14 bits per heavy atom. The summed E-state index contributed by atoms with van der Waals surface area (Å²) in [6, 6.07) is 17.5. The summed E-state index contributed by atoms with van der Waals surface area (Å²) in [5, 5.41) is 3.19. The second-order valence-electron chi connectivity index (χ2n) is 6.54. The normalized spacial score (nSPS) is 18.1. The molecule has 2 aromatic carbocycles. The number of fused-ring (bicyclic) bond motifs is 1. The van der Waals surface area contributed by atoms with Crippen LogP contribution in [-0.2, 0) is 4.79 Å². The molecule has 0 radical (unpaired) electrons. The van der Waals surface area contributed by atoms with Crippen LogP contribution < -0.4 is 15.5 Å². The van der Waals surface area contributed by atoms with Gasteiger partial charge in [0.25, 0.3) is 0 Å². The molecule has 0 saturated heterocycles. The van der Waals surface area contributed by atoms with Crippen LogP contribution in [-0.4, -0.2) is 22.9 Å². The van der Waals surface area contributed by atoms with Crippen molar-refractivity contribution in [1.29, 1.82) is 0 Å². The molecule has 1 amide bonds. The first-order chi connectivity index (χ1) is 13.6. The summed E-state index contributed by atoms with van der Waals surface area (Å²) in [6.45, 7) is 2.00. The molecular formula is C21H20FN3O2S. The molecule has 1 aromatic heterocycles. The Kier molecular flexibility index (Phi) is 5.00. The molecule has 1 aliphatic rings. The lowest BCUT2D eigenvalue weighted by atomic mass is 10.0. The van der Waals surface area contributed by atoms with Crippen LogP contribution in [0.25, 0.3) is 0 Å². The Hall–Kier alpha value is -2.93. The molecule has 2 atom stereocenters. The van der Waals surface area contributed by atoms with Crippen LogP contribution in [0.1, 0.15) is 17.3 Å². The first-order valence-electron chi connectivity index (χ1n) is 8.87. The molecule has 0 bridgehead atoms. The van der Waals surface area contributed by atoms with E-state index in [1.807, 2.05) is 48.0 Å². The maximum absolute atomic E-state index is 14.0. The molecule has 0 spiro atoms. The summed E-state index contributed by atoms with van der Waals surface area (Å²) in [5.74, 6) is 0.0377. The number of rotatable bonds is 4. The van der Waals surface area contributed by atoms with Gasteiger partial charge in [-0.05, 0) is 48.9 Å². The summed E-state index contributed by atoms with van der Waals surface area (Å²) in [5.41, 5.74) is 5.61. The third-order valence-corrected chi connectivity index (χ3v) is 6.02. The van der Waals surface area contributed by atoms with E-state index in [0.717, 1.165) is 22.0 Å². The highest BCUT2D eigenvalue weighted by atomic mass is 32.2. The first kappa shape index (κ1) is 18.4. The second kappa shape index (κ2) is 7.59. The summed E-state index contributed by atoms with van der Waals surface area (Å²) in [4.78, 5) is 13.1. The van der Waals surface area contributed by atoms with Gasteiger partial charge in [0, 0.05) is 5.69 Å². The highest BCUT2D eigenvalue weighted by molar-refractivity contribution is 8.00. The minimum absolute atomic E-state index is 0.179. The van der Waals surface area contributed by atoms with E-state index in [-0.39, 0.29) is 17.6 Å². The van der Waals surface area contributed by atoms with Crippen molar-refractivity contribution in [3.8, 4) is 5.75 Å². The monoisotopic (exact) mass is 397 g/mol. The minimum Gasteiger partial charge on any atom is -0.497 e. The standard InChI is InChI=1S/C21H20FN3O2S/c1-13-7-12-18-25(13)24-19(14-8-10-15(27-2)11-9-14)20(28-18)21(26)23-17-6-4-3-5-16(17)22/h3-12,19-20,24H,1-2H3,(H,23,26)/t19-,20-/m1/s1. The lowest BCUT2D eigenvalue weighted by Gasteiger charge is -2.34. The number of nitrogens with zero attached hydrogens (tertiary/aromatic N) is 1. The number of methoxy groups -OCH3 is 1. The number of benzene rings is 2. The predicted octanol–water partition coefficient (Wildman–Crippen LogP) is 4.34. The number of ether oxygens (including phenoxy) is 1. The molecule has 1 aliphatic heterocycles. The first-order valence-corrected chi connectivity index (χ1v) is 9.75. The van der Waals surface area contributed by atoms with E-state index in [1.165, 1.54) is 17.8 Å². The maximum atomic E-state index is 14.0. The number of hydrogen-bond donors (Lipinski definition) is 2.